The molecule has 0 aliphatic heterocycles. The predicted molar refractivity (Wildman–Crippen MR) is 147 cm³/mol. The molecule has 39 heavy (non-hydrogen) atoms. The van der Waals surface area contributed by atoms with Crippen LogP contribution in [0.5, 0.6) is 0 Å². The zero-order valence-corrected chi connectivity index (χ0v) is 23.6. The number of hydrogen-bond acceptors (Lipinski definition) is 6. The van der Waals surface area contributed by atoms with Crippen molar-refractivity contribution in [3.05, 3.63) is 64.0 Å². The minimum Gasteiger partial charge on any atom is -0.444 e. The van der Waals surface area contributed by atoms with E-state index in [-0.39, 0.29) is 23.7 Å². The quantitative estimate of drug-likeness (QED) is 0.307. The molecule has 2 aromatic rings. The minimum absolute atomic E-state index is 0.0862. The van der Waals surface area contributed by atoms with Crippen LogP contribution in [0.3, 0.4) is 0 Å². The lowest BCUT2D eigenvalue weighted by atomic mass is 9.97. The molecule has 0 aliphatic carbocycles. The molecule has 3 amide bonds. The summed E-state index contributed by atoms with van der Waals surface area (Å²) in [7, 11) is 0. The highest BCUT2D eigenvalue weighted by molar-refractivity contribution is 6.12. The van der Waals surface area contributed by atoms with E-state index in [0.29, 0.717) is 0 Å². The third-order valence-corrected chi connectivity index (χ3v) is 5.22. The van der Waals surface area contributed by atoms with Gasteiger partial charge in [0.05, 0.1) is 21.9 Å². The summed E-state index contributed by atoms with van der Waals surface area (Å²) in [5.41, 5.74) is -2.33. The Morgan fingerprint density at radius 3 is 2.21 bits per heavy atom. The van der Waals surface area contributed by atoms with Crippen molar-refractivity contribution in [3.63, 3.8) is 0 Å². The summed E-state index contributed by atoms with van der Waals surface area (Å²) >= 11 is 0. The molecule has 0 saturated carbocycles. The average molecular weight is 545 g/mol. The number of rotatable bonds is 8. The van der Waals surface area contributed by atoms with Gasteiger partial charge in [0.2, 0.25) is 5.91 Å². The van der Waals surface area contributed by atoms with E-state index in [1.165, 1.54) is 12.1 Å². The van der Waals surface area contributed by atoms with Gasteiger partial charge >= 0.3 is 6.09 Å². The number of nitro groups is 1. The summed E-state index contributed by atoms with van der Waals surface area (Å²) in [6.45, 7) is 14.1. The number of nitro benzene ring substituents is 1. The van der Waals surface area contributed by atoms with E-state index in [1.54, 1.807) is 53.7 Å². The first-order valence-electron chi connectivity index (χ1n) is 12.6. The van der Waals surface area contributed by atoms with Gasteiger partial charge in [-0.3, -0.25) is 29.9 Å². The summed E-state index contributed by atoms with van der Waals surface area (Å²) in [6.07, 6.45) is -0.631. The molecular weight excluding hydrogens is 507 g/mol. The molecule has 0 saturated heterocycles. The Balaban J connectivity index is 2.77. The maximum Gasteiger partial charge on any atom is 0.412 e. The van der Waals surface area contributed by atoms with Gasteiger partial charge in [-0.15, -0.1) is 0 Å². The zero-order chi connectivity index (χ0) is 29.7. The molecule has 1 atom stereocenters. The Morgan fingerprint density at radius 2 is 1.67 bits per heavy atom. The number of anilines is 2. The lowest BCUT2D eigenvalue weighted by molar-refractivity contribution is -0.384. The first-order chi connectivity index (χ1) is 17.9. The molecule has 2 rings (SSSR count). The van der Waals surface area contributed by atoms with Crippen LogP contribution in [0, 0.1) is 21.8 Å². The Bertz CT molecular complexity index is 1230. The molecule has 0 aromatic heterocycles. The summed E-state index contributed by atoms with van der Waals surface area (Å²) in [6, 6.07) is 7.68. The number of carbonyl (C=O) groups is 3. The second-order valence-corrected chi connectivity index (χ2v) is 11.6. The van der Waals surface area contributed by atoms with Crippen LogP contribution in [-0.2, 0) is 9.53 Å². The van der Waals surface area contributed by atoms with Gasteiger partial charge in [-0.05, 0) is 72.1 Å². The van der Waals surface area contributed by atoms with Crippen molar-refractivity contribution in [2.45, 2.75) is 79.0 Å². The van der Waals surface area contributed by atoms with Crippen molar-refractivity contribution in [1.82, 2.24) is 5.32 Å². The van der Waals surface area contributed by atoms with Crippen LogP contribution in [0.15, 0.2) is 42.5 Å². The van der Waals surface area contributed by atoms with Gasteiger partial charge in [0.15, 0.2) is 0 Å². The molecule has 0 heterocycles. The van der Waals surface area contributed by atoms with Gasteiger partial charge < -0.3 is 10.1 Å². The molecule has 2 N–H and O–H groups in total. The number of nitrogens with one attached hydrogen (secondary N) is 2. The van der Waals surface area contributed by atoms with E-state index < -0.39 is 57.1 Å². The molecule has 0 bridgehead atoms. The number of carbonyl (C=O) groups excluding carboxylic acids is 3. The zero-order valence-electron chi connectivity index (χ0n) is 23.6. The Hall–Kier alpha value is -4.02. The van der Waals surface area contributed by atoms with Crippen LogP contribution in [-0.4, -0.2) is 40.0 Å². The fourth-order valence-corrected chi connectivity index (χ4v) is 3.77. The number of hydrogen-bond donors (Lipinski definition) is 2. The third kappa shape index (κ3) is 9.05. The monoisotopic (exact) mass is 544 g/mol. The van der Waals surface area contributed by atoms with Crippen LogP contribution < -0.4 is 15.5 Å². The molecule has 11 heteroatoms. The number of para-hydroxylation sites is 2. The fraction of sp³-hybridized carbons (Fsp3) is 0.464. The average Bonchev–Trinajstić information content (AvgIpc) is 2.77. The standard InChI is InChI=1S/C28H37FN4O6/c1-17(2)15-23(24(34)31-27(3,4)5)32(25(35)19-16-18(33(37)38)13-14-20(19)29)22-12-10-9-11-21(22)30-26(36)39-28(6,7)8/h9-14,16-17,23H,15H2,1-8H3,(H,30,36)(H,31,34). The van der Waals surface area contributed by atoms with E-state index in [0.717, 1.165) is 23.1 Å². The maximum atomic E-state index is 15.0. The molecule has 0 spiro atoms. The highest BCUT2D eigenvalue weighted by Gasteiger charge is 2.37. The Labute approximate surface area is 228 Å². The molecular formula is C28H37FN4O6. The molecule has 1 unspecified atom stereocenters. The summed E-state index contributed by atoms with van der Waals surface area (Å²) in [4.78, 5) is 52.0. The molecule has 0 fully saturated rings. The number of benzene rings is 2. The van der Waals surface area contributed by atoms with Crippen molar-refractivity contribution in [1.29, 1.82) is 0 Å². The largest absolute Gasteiger partial charge is 0.444 e. The van der Waals surface area contributed by atoms with Crippen molar-refractivity contribution < 1.29 is 28.4 Å². The van der Waals surface area contributed by atoms with Crippen molar-refractivity contribution in [2.24, 2.45) is 5.92 Å². The second kappa shape index (κ2) is 12.2. The molecule has 0 radical (unpaired) electrons. The predicted octanol–water partition coefficient (Wildman–Crippen LogP) is 6.06. The lowest BCUT2D eigenvalue weighted by Gasteiger charge is -2.35. The maximum absolute atomic E-state index is 15.0. The summed E-state index contributed by atoms with van der Waals surface area (Å²) in [5, 5.41) is 16.9. The van der Waals surface area contributed by atoms with Crippen LogP contribution >= 0.6 is 0 Å². The topological polar surface area (TPSA) is 131 Å². The summed E-state index contributed by atoms with van der Waals surface area (Å²) < 4.78 is 20.3. The van der Waals surface area contributed by atoms with Crippen LogP contribution in [0.4, 0.5) is 26.2 Å². The SMILES string of the molecule is CC(C)CC(C(=O)NC(C)(C)C)N(C(=O)c1cc([N+](=O)[O-])ccc1F)c1ccccc1NC(=O)OC(C)(C)C. The van der Waals surface area contributed by atoms with Gasteiger partial charge in [0.1, 0.15) is 17.5 Å². The number of non-ortho nitro benzene ring substituents is 1. The van der Waals surface area contributed by atoms with Gasteiger partial charge in [0, 0.05) is 17.7 Å². The minimum atomic E-state index is -1.16. The van der Waals surface area contributed by atoms with Crippen molar-refractivity contribution >= 4 is 35.0 Å². The molecule has 0 aliphatic rings. The Kier molecular flexibility index (Phi) is 9.78. The van der Waals surface area contributed by atoms with E-state index in [9.17, 15) is 28.9 Å². The van der Waals surface area contributed by atoms with Gasteiger partial charge in [0.25, 0.3) is 11.6 Å². The number of halogens is 1. The molecule has 212 valence electrons. The van der Waals surface area contributed by atoms with E-state index in [2.05, 4.69) is 10.6 Å². The van der Waals surface area contributed by atoms with Gasteiger partial charge in [-0.25, -0.2) is 9.18 Å². The summed E-state index contributed by atoms with van der Waals surface area (Å²) in [5.74, 6) is -2.57. The molecule has 2 aromatic carbocycles. The fourth-order valence-electron chi connectivity index (χ4n) is 3.77. The number of ether oxygens (including phenoxy) is 1. The van der Waals surface area contributed by atoms with Gasteiger partial charge in [-0.1, -0.05) is 26.0 Å². The lowest BCUT2D eigenvalue weighted by Crippen LogP contribution is -2.55. The van der Waals surface area contributed by atoms with E-state index >= 15 is 0 Å². The van der Waals surface area contributed by atoms with Crippen LogP contribution in [0.2, 0.25) is 0 Å². The number of nitrogens with zero attached hydrogens (tertiary/aromatic N) is 2. The normalized spacial score (nSPS) is 12.5. The first kappa shape index (κ1) is 31.2. The van der Waals surface area contributed by atoms with Gasteiger partial charge in [-0.2, -0.15) is 0 Å². The molecule has 10 nitrogen and oxygen atoms in total. The highest BCUT2D eigenvalue weighted by Crippen LogP contribution is 2.33. The first-order valence-corrected chi connectivity index (χ1v) is 12.6. The van der Waals surface area contributed by atoms with Crippen molar-refractivity contribution in [3.8, 4) is 0 Å². The van der Waals surface area contributed by atoms with E-state index in [4.69, 9.17) is 4.74 Å². The van der Waals surface area contributed by atoms with Crippen LogP contribution in [0.25, 0.3) is 0 Å². The number of amides is 3. The van der Waals surface area contributed by atoms with Crippen LogP contribution in [0.1, 0.15) is 72.2 Å². The van der Waals surface area contributed by atoms with Crippen molar-refractivity contribution in [2.75, 3.05) is 10.2 Å². The third-order valence-electron chi connectivity index (χ3n) is 5.22. The smallest absolute Gasteiger partial charge is 0.412 e. The Morgan fingerprint density at radius 1 is 1.05 bits per heavy atom. The van der Waals surface area contributed by atoms with E-state index in [1.807, 2.05) is 13.8 Å². The second-order valence-electron chi connectivity index (χ2n) is 11.6. The highest BCUT2D eigenvalue weighted by atomic mass is 19.1.